The molecule has 0 atom stereocenters. The highest BCUT2D eigenvalue weighted by Crippen LogP contribution is 2.30. The van der Waals surface area contributed by atoms with E-state index in [1.54, 1.807) is 11.0 Å². The van der Waals surface area contributed by atoms with E-state index in [9.17, 15) is 4.79 Å². The number of anilines is 1. The molecule has 0 aliphatic carbocycles. The summed E-state index contributed by atoms with van der Waals surface area (Å²) in [5.74, 6) is 5.72. The number of nitrogens with zero attached hydrogens (tertiary/aromatic N) is 1. The standard InChI is InChI=1S/C15H13NO2/c1-3-9-16-14-7-6-13(18-10-4-2)11-12(14)5-8-15(16)17/h1-2,6-7,11H,5,8-10H2. The molecule has 0 bridgehead atoms. The van der Waals surface area contributed by atoms with Crippen LogP contribution in [0.3, 0.4) is 0 Å². The molecule has 1 aliphatic rings. The van der Waals surface area contributed by atoms with Crippen LogP contribution in [0.4, 0.5) is 5.69 Å². The topological polar surface area (TPSA) is 29.5 Å². The number of terminal acetylenes is 2. The molecular weight excluding hydrogens is 226 g/mol. The molecule has 1 aliphatic heterocycles. The van der Waals surface area contributed by atoms with Crippen molar-refractivity contribution in [3.05, 3.63) is 23.8 Å². The first-order chi connectivity index (χ1) is 8.76. The van der Waals surface area contributed by atoms with Crippen molar-refractivity contribution in [2.75, 3.05) is 18.1 Å². The van der Waals surface area contributed by atoms with E-state index >= 15 is 0 Å². The number of benzene rings is 1. The quantitative estimate of drug-likeness (QED) is 0.750. The summed E-state index contributed by atoms with van der Waals surface area (Å²) in [6.45, 7) is 0.544. The number of hydrogen-bond acceptors (Lipinski definition) is 2. The molecule has 0 fully saturated rings. The van der Waals surface area contributed by atoms with Gasteiger partial charge in [-0.3, -0.25) is 4.79 Å². The lowest BCUT2D eigenvalue weighted by atomic mass is 10.0. The second kappa shape index (κ2) is 5.29. The van der Waals surface area contributed by atoms with Crippen LogP contribution >= 0.6 is 0 Å². The Morgan fingerprint density at radius 1 is 1.28 bits per heavy atom. The number of ether oxygens (including phenoxy) is 1. The summed E-state index contributed by atoms with van der Waals surface area (Å²) in [4.78, 5) is 13.4. The van der Waals surface area contributed by atoms with E-state index in [4.69, 9.17) is 17.6 Å². The van der Waals surface area contributed by atoms with E-state index in [-0.39, 0.29) is 12.5 Å². The van der Waals surface area contributed by atoms with E-state index in [2.05, 4.69) is 11.8 Å². The minimum absolute atomic E-state index is 0.0674. The Hall–Kier alpha value is -2.39. The molecule has 0 unspecified atom stereocenters. The van der Waals surface area contributed by atoms with Crippen LogP contribution in [0.5, 0.6) is 5.75 Å². The van der Waals surface area contributed by atoms with Crippen LogP contribution < -0.4 is 9.64 Å². The second-order valence-electron chi connectivity index (χ2n) is 3.97. The lowest BCUT2D eigenvalue weighted by Crippen LogP contribution is -2.35. The molecule has 1 aromatic carbocycles. The molecule has 0 saturated carbocycles. The molecule has 3 nitrogen and oxygen atoms in total. The second-order valence-corrected chi connectivity index (χ2v) is 3.97. The van der Waals surface area contributed by atoms with Crippen molar-refractivity contribution in [3.8, 4) is 30.4 Å². The van der Waals surface area contributed by atoms with Crippen LogP contribution in [0, 0.1) is 24.7 Å². The molecule has 90 valence electrons. The smallest absolute Gasteiger partial charge is 0.228 e. The van der Waals surface area contributed by atoms with Gasteiger partial charge in [0.2, 0.25) is 5.91 Å². The Bertz CT molecular complexity index is 549. The summed E-state index contributed by atoms with van der Waals surface area (Å²) in [5.41, 5.74) is 1.94. The van der Waals surface area contributed by atoms with Gasteiger partial charge in [0.05, 0.1) is 6.54 Å². The SMILES string of the molecule is C#CCOc1ccc2c(c1)CCC(=O)N2CC#C. The van der Waals surface area contributed by atoms with Crippen LogP contribution in [-0.2, 0) is 11.2 Å². The van der Waals surface area contributed by atoms with Crippen molar-refractivity contribution in [1.29, 1.82) is 0 Å². The first kappa shape index (κ1) is 12.1. The molecule has 1 heterocycles. The first-order valence-electron chi connectivity index (χ1n) is 5.69. The van der Waals surface area contributed by atoms with Gasteiger partial charge in [0.15, 0.2) is 0 Å². The van der Waals surface area contributed by atoms with Gasteiger partial charge >= 0.3 is 0 Å². The Labute approximate surface area is 107 Å². The summed E-state index contributed by atoms with van der Waals surface area (Å²) < 4.78 is 5.36. The predicted molar refractivity (Wildman–Crippen MR) is 70.3 cm³/mol. The molecule has 0 spiro atoms. The molecule has 0 aromatic heterocycles. The number of carbonyl (C=O) groups excluding carboxylic acids is 1. The number of carbonyl (C=O) groups is 1. The van der Waals surface area contributed by atoms with Crippen molar-refractivity contribution in [2.45, 2.75) is 12.8 Å². The number of amides is 1. The monoisotopic (exact) mass is 239 g/mol. The minimum Gasteiger partial charge on any atom is -0.481 e. The zero-order chi connectivity index (χ0) is 13.0. The van der Waals surface area contributed by atoms with Gasteiger partial charge in [0.1, 0.15) is 12.4 Å². The maximum absolute atomic E-state index is 11.8. The van der Waals surface area contributed by atoms with E-state index in [1.807, 2.05) is 12.1 Å². The van der Waals surface area contributed by atoms with Crippen LogP contribution in [0.2, 0.25) is 0 Å². The van der Waals surface area contributed by atoms with Crippen LogP contribution in [0.15, 0.2) is 18.2 Å². The van der Waals surface area contributed by atoms with Gasteiger partial charge in [-0.1, -0.05) is 11.8 Å². The fraction of sp³-hybridized carbons (Fsp3) is 0.267. The van der Waals surface area contributed by atoms with Crippen molar-refractivity contribution in [3.63, 3.8) is 0 Å². The fourth-order valence-corrected chi connectivity index (χ4v) is 2.02. The van der Waals surface area contributed by atoms with Gasteiger partial charge in [0.25, 0.3) is 0 Å². The van der Waals surface area contributed by atoms with Crippen LogP contribution in [0.1, 0.15) is 12.0 Å². The zero-order valence-electron chi connectivity index (χ0n) is 9.98. The molecule has 1 amide bonds. The van der Waals surface area contributed by atoms with Crippen molar-refractivity contribution in [2.24, 2.45) is 0 Å². The van der Waals surface area contributed by atoms with E-state index in [0.29, 0.717) is 19.4 Å². The number of fused-ring (bicyclic) bond motifs is 1. The summed E-state index contributed by atoms with van der Waals surface area (Å²) in [7, 11) is 0. The largest absolute Gasteiger partial charge is 0.481 e. The Balaban J connectivity index is 2.29. The molecule has 2 rings (SSSR count). The van der Waals surface area contributed by atoms with Gasteiger partial charge in [-0.15, -0.1) is 12.8 Å². The molecule has 0 N–H and O–H groups in total. The van der Waals surface area contributed by atoms with E-state index in [0.717, 1.165) is 17.0 Å². The Morgan fingerprint density at radius 2 is 2.11 bits per heavy atom. The lowest BCUT2D eigenvalue weighted by Gasteiger charge is -2.28. The maximum Gasteiger partial charge on any atom is 0.228 e. The highest BCUT2D eigenvalue weighted by molar-refractivity contribution is 5.96. The van der Waals surface area contributed by atoms with Gasteiger partial charge in [0, 0.05) is 12.1 Å². The average Bonchev–Trinajstić information content (AvgIpc) is 2.39. The van der Waals surface area contributed by atoms with Gasteiger partial charge < -0.3 is 9.64 Å². The van der Waals surface area contributed by atoms with E-state index < -0.39 is 0 Å². The highest BCUT2D eigenvalue weighted by Gasteiger charge is 2.23. The molecule has 3 heteroatoms. The molecular formula is C15H13NO2. The van der Waals surface area contributed by atoms with Crippen LogP contribution in [-0.4, -0.2) is 19.1 Å². The highest BCUT2D eigenvalue weighted by atomic mass is 16.5. The van der Waals surface area contributed by atoms with Gasteiger partial charge in [-0.2, -0.15) is 0 Å². The summed E-state index contributed by atoms with van der Waals surface area (Å²) >= 11 is 0. The Morgan fingerprint density at radius 3 is 2.83 bits per heavy atom. The van der Waals surface area contributed by atoms with Gasteiger partial charge in [-0.05, 0) is 30.2 Å². The maximum atomic E-state index is 11.8. The summed E-state index contributed by atoms with van der Waals surface area (Å²) in [5, 5.41) is 0. The minimum atomic E-state index is 0.0674. The first-order valence-corrected chi connectivity index (χ1v) is 5.69. The van der Waals surface area contributed by atoms with Crippen molar-refractivity contribution < 1.29 is 9.53 Å². The summed E-state index contributed by atoms with van der Waals surface area (Å²) in [6.07, 6.45) is 11.6. The normalized spacial score (nSPS) is 13.4. The zero-order valence-corrected chi connectivity index (χ0v) is 9.98. The number of hydrogen-bond donors (Lipinski definition) is 0. The molecule has 18 heavy (non-hydrogen) atoms. The number of aryl methyl sites for hydroxylation is 1. The lowest BCUT2D eigenvalue weighted by molar-refractivity contribution is -0.118. The third kappa shape index (κ3) is 2.31. The predicted octanol–water partition coefficient (Wildman–Crippen LogP) is 1.61. The number of rotatable bonds is 3. The van der Waals surface area contributed by atoms with E-state index in [1.165, 1.54) is 0 Å². The Kier molecular flexibility index (Phi) is 3.55. The molecule has 0 radical (unpaired) electrons. The van der Waals surface area contributed by atoms with Gasteiger partial charge in [-0.25, -0.2) is 0 Å². The fourth-order valence-electron chi connectivity index (χ4n) is 2.02. The summed E-state index contributed by atoms with van der Waals surface area (Å²) in [6, 6.07) is 5.58. The van der Waals surface area contributed by atoms with Crippen molar-refractivity contribution >= 4 is 11.6 Å². The van der Waals surface area contributed by atoms with Crippen molar-refractivity contribution in [1.82, 2.24) is 0 Å². The third-order valence-corrected chi connectivity index (χ3v) is 2.82. The third-order valence-electron chi connectivity index (χ3n) is 2.82. The molecule has 1 aromatic rings. The average molecular weight is 239 g/mol. The molecule has 0 saturated heterocycles. The van der Waals surface area contributed by atoms with Crippen LogP contribution in [0.25, 0.3) is 0 Å².